The number of aromatic nitrogens is 1. The van der Waals surface area contributed by atoms with Crippen molar-refractivity contribution in [3.8, 4) is 6.07 Å². The van der Waals surface area contributed by atoms with Gasteiger partial charge in [0.15, 0.2) is 0 Å². The molecule has 4 nitrogen and oxygen atoms in total. The van der Waals surface area contributed by atoms with Gasteiger partial charge in [0, 0.05) is 6.20 Å². The molecule has 2 rings (SSSR count). The molecule has 5 heteroatoms. The Bertz CT molecular complexity index is 434. The van der Waals surface area contributed by atoms with Crippen LogP contribution in [0.25, 0.3) is 0 Å². The maximum Gasteiger partial charge on any atom is 0.270 e. The number of hydrogen-bond donors (Lipinski definition) is 1. The Morgan fingerprint density at radius 1 is 1.62 bits per heavy atom. The molecule has 1 fully saturated rings. The van der Waals surface area contributed by atoms with E-state index in [1.54, 1.807) is 12.1 Å². The summed E-state index contributed by atoms with van der Waals surface area (Å²) in [5.41, 5.74) is 0.283. The molecular formula is C11H10ClN3O. The Hall–Kier alpha value is -1.60. The first-order chi connectivity index (χ1) is 7.70. The van der Waals surface area contributed by atoms with Crippen molar-refractivity contribution in [3.05, 3.63) is 29.0 Å². The molecule has 16 heavy (non-hydrogen) atoms. The Balaban J connectivity index is 2.02. The molecule has 1 aromatic rings. The summed E-state index contributed by atoms with van der Waals surface area (Å²) in [6, 6.07) is 4.83. The highest BCUT2D eigenvalue weighted by Crippen LogP contribution is 2.32. The highest BCUT2D eigenvalue weighted by atomic mass is 35.5. The summed E-state index contributed by atoms with van der Waals surface area (Å²) >= 11 is 5.66. The summed E-state index contributed by atoms with van der Waals surface area (Å²) in [6.07, 6.45) is 3.42. The second-order valence-corrected chi connectivity index (χ2v) is 4.22. The van der Waals surface area contributed by atoms with Gasteiger partial charge in [0.1, 0.15) is 11.7 Å². The van der Waals surface area contributed by atoms with Gasteiger partial charge >= 0.3 is 0 Å². The van der Waals surface area contributed by atoms with Crippen LogP contribution in [-0.4, -0.2) is 16.9 Å². The largest absolute Gasteiger partial charge is 0.335 e. The minimum absolute atomic E-state index is 0.283. The number of nitrogens with one attached hydrogen (secondary N) is 1. The Kier molecular flexibility index (Phi) is 3.07. The van der Waals surface area contributed by atoms with Crippen LogP contribution in [0.15, 0.2) is 18.3 Å². The third-order valence-electron chi connectivity index (χ3n) is 2.48. The van der Waals surface area contributed by atoms with E-state index < -0.39 is 6.04 Å². The molecular weight excluding hydrogens is 226 g/mol. The molecule has 1 unspecified atom stereocenters. The van der Waals surface area contributed by atoms with Crippen molar-refractivity contribution in [1.29, 1.82) is 5.26 Å². The number of nitrogens with zero attached hydrogens (tertiary/aromatic N) is 2. The number of carbonyl (C=O) groups is 1. The average Bonchev–Trinajstić information content (AvgIpc) is 3.10. The van der Waals surface area contributed by atoms with Crippen molar-refractivity contribution in [3.63, 3.8) is 0 Å². The molecule has 0 spiro atoms. The Labute approximate surface area is 98.2 Å². The first kappa shape index (κ1) is 10.9. The van der Waals surface area contributed by atoms with E-state index in [2.05, 4.69) is 16.4 Å². The summed E-state index contributed by atoms with van der Waals surface area (Å²) in [5, 5.41) is 12.0. The first-order valence-corrected chi connectivity index (χ1v) is 5.40. The molecule has 1 saturated carbocycles. The fourth-order valence-corrected chi connectivity index (χ4v) is 1.52. The molecule has 1 aliphatic carbocycles. The summed E-state index contributed by atoms with van der Waals surface area (Å²) in [7, 11) is 0. The van der Waals surface area contributed by atoms with E-state index in [-0.39, 0.29) is 11.6 Å². The first-order valence-electron chi connectivity index (χ1n) is 5.03. The topological polar surface area (TPSA) is 65.8 Å². The van der Waals surface area contributed by atoms with E-state index >= 15 is 0 Å². The van der Waals surface area contributed by atoms with Crippen molar-refractivity contribution in [2.45, 2.75) is 18.9 Å². The van der Waals surface area contributed by atoms with Crippen molar-refractivity contribution >= 4 is 17.5 Å². The monoisotopic (exact) mass is 235 g/mol. The summed E-state index contributed by atoms with van der Waals surface area (Å²) in [4.78, 5) is 15.6. The third kappa shape index (κ3) is 2.50. The molecule has 0 aliphatic heterocycles. The van der Waals surface area contributed by atoms with Gasteiger partial charge < -0.3 is 5.32 Å². The third-order valence-corrected chi connectivity index (χ3v) is 2.70. The van der Waals surface area contributed by atoms with Crippen LogP contribution in [0.4, 0.5) is 0 Å². The average molecular weight is 236 g/mol. The van der Waals surface area contributed by atoms with Crippen LogP contribution in [0.5, 0.6) is 0 Å². The van der Waals surface area contributed by atoms with Crippen LogP contribution < -0.4 is 5.32 Å². The van der Waals surface area contributed by atoms with E-state index in [1.807, 2.05) is 0 Å². The lowest BCUT2D eigenvalue weighted by Gasteiger charge is -2.09. The maximum absolute atomic E-state index is 11.7. The number of rotatable bonds is 3. The summed E-state index contributed by atoms with van der Waals surface area (Å²) in [5.74, 6) is -0.0173. The van der Waals surface area contributed by atoms with Gasteiger partial charge in [-0.1, -0.05) is 11.6 Å². The van der Waals surface area contributed by atoms with Gasteiger partial charge in [-0.3, -0.25) is 4.79 Å². The lowest BCUT2D eigenvalue weighted by atomic mass is 10.2. The zero-order valence-corrected chi connectivity index (χ0v) is 9.24. The van der Waals surface area contributed by atoms with Gasteiger partial charge in [0.05, 0.1) is 11.1 Å². The molecule has 0 saturated heterocycles. The van der Waals surface area contributed by atoms with Crippen molar-refractivity contribution < 1.29 is 4.79 Å². The summed E-state index contributed by atoms with van der Waals surface area (Å²) < 4.78 is 0. The van der Waals surface area contributed by atoms with Gasteiger partial charge in [-0.15, -0.1) is 0 Å². The Morgan fingerprint density at radius 2 is 2.38 bits per heavy atom. The molecule has 1 N–H and O–H groups in total. The number of amides is 1. The van der Waals surface area contributed by atoms with Crippen LogP contribution in [0, 0.1) is 17.2 Å². The van der Waals surface area contributed by atoms with Crippen LogP contribution in [0.3, 0.4) is 0 Å². The molecule has 1 amide bonds. The highest BCUT2D eigenvalue weighted by Gasteiger charge is 2.32. The van der Waals surface area contributed by atoms with Crippen molar-refractivity contribution in [1.82, 2.24) is 10.3 Å². The smallest absolute Gasteiger partial charge is 0.270 e. The van der Waals surface area contributed by atoms with Gasteiger partial charge in [-0.2, -0.15) is 5.26 Å². The van der Waals surface area contributed by atoms with Gasteiger partial charge in [0.2, 0.25) is 0 Å². The Morgan fingerprint density at radius 3 is 2.88 bits per heavy atom. The van der Waals surface area contributed by atoms with Gasteiger partial charge in [-0.05, 0) is 30.9 Å². The quantitative estimate of drug-likeness (QED) is 0.868. The fourth-order valence-electron chi connectivity index (χ4n) is 1.41. The zero-order valence-electron chi connectivity index (χ0n) is 8.48. The predicted octanol–water partition coefficient (Wildman–Crippen LogP) is 1.77. The van der Waals surface area contributed by atoms with Crippen molar-refractivity contribution in [2.75, 3.05) is 0 Å². The molecule has 1 atom stereocenters. The number of halogens is 1. The van der Waals surface area contributed by atoms with Gasteiger partial charge in [-0.25, -0.2) is 4.98 Å². The minimum atomic E-state index is -0.398. The molecule has 1 aromatic heterocycles. The number of carbonyl (C=O) groups excluding carboxylic acids is 1. The molecule has 1 heterocycles. The van der Waals surface area contributed by atoms with Crippen LogP contribution in [0.2, 0.25) is 5.02 Å². The second-order valence-electron chi connectivity index (χ2n) is 3.78. The standard InChI is InChI=1S/C11H10ClN3O/c12-8-3-4-9(14-6-8)11(16)15-10(5-13)7-1-2-7/h3-4,6-7,10H,1-2H2,(H,15,16). The molecule has 82 valence electrons. The van der Waals surface area contributed by atoms with E-state index in [1.165, 1.54) is 6.20 Å². The van der Waals surface area contributed by atoms with E-state index in [4.69, 9.17) is 16.9 Å². The SMILES string of the molecule is N#CC(NC(=O)c1ccc(Cl)cn1)C1CC1. The molecule has 0 bridgehead atoms. The van der Waals surface area contributed by atoms with E-state index in [0.29, 0.717) is 10.9 Å². The van der Waals surface area contributed by atoms with Crippen LogP contribution >= 0.6 is 11.6 Å². The van der Waals surface area contributed by atoms with Crippen LogP contribution in [-0.2, 0) is 0 Å². The van der Waals surface area contributed by atoms with E-state index in [9.17, 15) is 4.79 Å². The predicted molar refractivity (Wildman–Crippen MR) is 58.8 cm³/mol. The van der Waals surface area contributed by atoms with Crippen LogP contribution in [0.1, 0.15) is 23.3 Å². The lowest BCUT2D eigenvalue weighted by molar-refractivity contribution is 0.0937. The maximum atomic E-state index is 11.7. The van der Waals surface area contributed by atoms with Crippen molar-refractivity contribution in [2.24, 2.45) is 5.92 Å². The number of nitriles is 1. The molecule has 1 aliphatic rings. The van der Waals surface area contributed by atoms with Gasteiger partial charge in [0.25, 0.3) is 5.91 Å². The number of hydrogen-bond acceptors (Lipinski definition) is 3. The second kappa shape index (κ2) is 4.50. The fraction of sp³-hybridized carbons (Fsp3) is 0.364. The summed E-state index contributed by atoms with van der Waals surface area (Å²) in [6.45, 7) is 0. The molecule has 0 radical (unpaired) electrons. The minimum Gasteiger partial charge on any atom is -0.335 e. The highest BCUT2D eigenvalue weighted by molar-refractivity contribution is 6.30. The zero-order chi connectivity index (χ0) is 11.5. The molecule has 0 aromatic carbocycles. The lowest BCUT2D eigenvalue weighted by Crippen LogP contribution is -2.35. The van der Waals surface area contributed by atoms with E-state index in [0.717, 1.165) is 12.8 Å². The number of pyridine rings is 1. The normalized spacial score (nSPS) is 16.2.